The molecular weight excluding hydrogens is 176 g/mol. The van der Waals surface area contributed by atoms with Gasteiger partial charge in [-0.1, -0.05) is 0 Å². The van der Waals surface area contributed by atoms with E-state index in [2.05, 4.69) is 23.1 Å². The number of anilines is 1. The second kappa shape index (κ2) is 3.61. The molecule has 2 heterocycles. The van der Waals surface area contributed by atoms with Crippen LogP contribution in [0.25, 0.3) is 0 Å². The van der Waals surface area contributed by atoms with Crippen molar-refractivity contribution in [1.29, 1.82) is 0 Å². The molecule has 0 saturated carbocycles. The molecule has 0 amide bonds. The van der Waals surface area contributed by atoms with Crippen LogP contribution in [0.5, 0.6) is 0 Å². The van der Waals surface area contributed by atoms with Crippen LogP contribution >= 0.6 is 0 Å². The summed E-state index contributed by atoms with van der Waals surface area (Å²) in [5.41, 5.74) is 8.29. The van der Waals surface area contributed by atoms with Gasteiger partial charge >= 0.3 is 0 Å². The molecule has 1 aliphatic rings. The number of nitrogens with zero attached hydrogens (tertiary/aromatic N) is 3. The summed E-state index contributed by atoms with van der Waals surface area (Å²) in [5, 5.41) is 4.35. The Hall–Kier alpha value is -1.03. The van der Waals surface area contributed by atoms with E-state index in [4.69, 9.17) is 5.73 Å². The number of hydrogen-bond acceptors (Lipinski definition) is 3. The molecule has 0 aliphatic carbocycles. The summed E-state index contributed by atoms with van der Waals surface area (Å²) in [6, 6.07) is 0.323. The van der Waals surface area contributed by atoms with E-state index in [1.807, 2.05) is 11.7 Å². The standard InChI is InChI=1S/C10H18N4/c1-8-10(7-13(2)12-8)14-5-3-4-9(11)6-14/h7,9H,3-6,11H2,1-2H3. The molecular formula is C10H18N4. The molecule has 2 rings (SSSR count). The smallest absolute Gasteiger partial charge is 0.0827 e. The molecule has 1 aromatic rings. The lowest BCUT2D eigenvalue weighted by molar-refractivity contribution is 0.505. The Morgan fingerprint density at radius 2 is 2.36 bits per heavy atom. The Bertz CT molecular complexity index is 318. The monoisotopic (exact) mass is 194 g/mol. The van der Waals surface area contributed by atoms with Gasteiger partial charge in [0, 0.05) is 32.4 Å². The zero-order valence-corrected chi connectivity index (χ0v) is 8.90. The van der Waals surface area contributed by atoms with Crippen LogP contribution in [-0.4, -0.2) is 28.9 Å². The minimum atomic E-state index is 0.323. The van der Waals surface area contributed by atoms with Gasteiger partial charge < -0.3 is 10.6 Å². The number of rotatable bonds is 1. The van der Waals surface area contributed by atoms with E-state index in [-0.39, 0.29) is 0 Å². The fourth-order valence-corrected chi connectivity index (χ4v) is 2.13. The van der Waals surface area contributed by atoms with E-state index in [0.29, 0.717) is 6.04 Å². The highest BCUT2D eigenvalue weighted by atomic mass is 15.3. The highest BCUT2D eigenvalue weighted by Gasteiger charge is 2.19. The molecule has 1 aliphatic heterocycles. The summed E-state index contributed by atoms with van der Waals surface area (Å²) in [6.45, 7) is 4.13. The second-order valence-electron chi connectivity index (χ2n) is 4.12. The fraction of sp³-hybridized carbons (Fsp3) is 0.700. The van der Waals surface area contributed by atoms with E-state index < -0.39 is 0 Å². The van der Waals surface area contributed by atoms with Crippen LogP contribution in [0, 0.1) is 6.92 Å². The van der Waals surface area contributed by atoms with E-state index >= 15 is 0 Å². The molecule has 0 spiro atoms. The van der Waals surface area contributed by atoms with Gasteiger partial charge in [0.15, 0.2) is 0 Å². The van der Waals surface area contributed by atoms with Crippen molar-refractivity contribution in [3.63, 3.8) is 0 Å². The highest BCUT2D eigenvalue weighted by Crippen LogP contribution is 2.21. The molecule has 14 heavy (non-hydrogen) atoms. The van der Waals surface area contributed by atoms with Crippen LogP contribution in [0.2, 0.25) is 0 Å². The molecule has 1 atom stereocenters. The predicted molar refractivity (Wildman–Crippen MR) is 57.4 cm³/mol. The van der Waals surface area contributed by atoms with Crippen molar-refractivity contribution in [1.82, 2.24) is 9.78 Å². The van der Waals surface area contributed by atoms with E-state index in [1.165, 1.54) is 12.1 Å². The van der Waals surface area contributed by atoms with E-state index in [9.17, 15) is 0 Å². The summed E-state index contributed by atoms with van der Waals surface area (Å²) >= 11 is 0. The Morgan fingerprint density at radius 1 is 1.57 bits per heavy atom. The van der Waals surface area contributed by atoms with Gasteiger partial charge in [-0.15, -0.1) is 0 Å². The highest BCUT2D eigenvalue weighted by molar-refractivity contribution is 5.49. The maximum atomic E-state index is 5.95. The van der Waals surface area contributed by atoms with Gasteiger partial charge in [-0.25, -0.2) is 0 Å². The second-order valence-corrected chi connectivity index (χ2v) is 4.12. The van der Waals surface area contributed by atoms with Gasteiger partial charge in [0.2, 0.25) is 0 Å². The molecule has 0 bridgehead atoms. The van der Waals surface area contributed by atoms with Crippen LogP contribution in [0.4, 0.5) is 5.69 Å². The normalized spacial score (nSPS) is 22.8. The summed E-state index contributed by atoms with van der Waals surface area (Å²) in [6.07, 6.45) is 4.42. The van der Waals surface area contributed by atoms with E-state index in [0.717, 1.165) is 25.2 Å². The van der Waals surface area contributed by atoms with Crippen molar-refractivity contribution < 1.29 is 0 Å². The fourth-order valence-electron chi connectivity index (χ4n) is 2.13. The minimum Gasteiger partial charge on any atom is -0.367 e. The average Bonchev–Trinajstić information content (AvgIpc) is 2.45. The SMILES string of the molecule is Cc1nn(C)cc1N1CCCC(N)C1. The molecule has 4 nitrogen and oxygen atoms in total. The molecule has 78 valence electrons. The van der Waals surface area contributed by atoms with Crippen molar-refractivity contribution >= 4 is 5.69 Å². The van der Waals surface area contributed by atoms with Crippen molar-refractivity contribution in [3.05, 3.63) is 11.9 Å². The summed E-state index contributed by atoms with van der Waals surface area (Å²) in [4.78, 5) is 2.34. The van der Waals surface area contributed by atoms with Gasteiger partial charge in [0.25, 0.3) is 0 Å². The first kappa shape index (κ1) is 9.52. The summed E-state index contributed by atoms with van der Waals surface area (Å²) in [7, 11) is 1.96. The number of nitrogens with two attached hydrogens (primary N) is 1. The quantitative estimate of drug-likeness (QED) is 0.714. The van der Waals surface area contributed by atoms with Gasteiger partial charge in [-0.3, -0.25) is 4.68 Å². The minimum absolute atomic E-state index is 0.323. The first-order valence-corrected chi connectivity index (χ1v) is 5.17. The maximum absolute atomic E-state index is 5.95. The molecule has 0 aromatic carbocycles. The lowest BCUT2D eigenvalue weighted by atomic mass is 10.1. The third kappa shape index (κ3) is 1.75. The first-order chi connectivity index (χ1) is 6.66. The first-order valence-electron chi connectivity index (χ1n) is 5.17. The van der Waals surface area contributed by atoms with Crippen molar-refractivity contribution in [2.45, 2.75) is 25.8 Å². The molecule has 1 saturated heterocycles. The van der Waals surface area contributed by atoms with Crippen LogP contribution < -0.4 is 10.6 Å². The van der Waals surface area contributed by atoms with Gasteiger partial charge in [0.1, 0.15) is 0 Å². The van der Waals surface area contributed by atoms with Crippen molar-refractivity contribution in [2.24, 2.45) is 12.8 Å². The third-order valence-corrected chi connectivity index (χ3v) is 2.79. The molecule has 1 unspecified atom stereocenters. The largest absolute Gasteiger partial charge is 0.367 e. The Labute approximate surface area is 84.7 Å². The number of aromatic nitrogens is 2. The summed E-state index contributed by atoms with van der Waals surface area (Å²) in [5.74, 6) is 0. The molecule has 1 aromatic heterocycles. The van der Waals surface area contributed by atoms with E-state index in [1.54, 1.807) is 0 Å². The lowest BCUT2D eigenvalue weighted by Gasteiger charge is -2.31. The van der Waals surface area contributed by atoms with Crippen LogP contribution in [-0.2, 0) is 7.05 Å². The molecule has 1 fully saturated rings. The van der Waals surface area contributed by atoms with Gasteiger partial charge in [-0.05, 0) is 19.8 Å². The molecule has 2 N–H and O–H groups in total. The van der Waals surface area contributed by atoms with Crippen molar-refractivity contribution in [2.75, 3.05) is 18.0 Å². The summed E-state index contributed by atoms with van der Waals surface area (Å²) < 4.78 is 1.87. The van der Waals surface area contributed by atoms with Crippen LogP contribution in [0.1, 0.15) is 18.5 Å². The Morgan fingerprint density at radius 3 is 2.93 bits per heavy atom. The maximum Gasteiger partial charge on any atom is 0.0827 e. The van der Waals surface area contributed by atoms with Gasteiger partial charge in [0.05, 0.1) is 11.4 Å². The zero-order chi connectivity index (χ0) is 10.1. The lowest BCUT2D eigenvalue weighted by Crippen LogP contribution is -2.42. The molecule has 0 radical (unpaired) electrons. The Kier molecular flexibility index (Phi) is 2.46. The van der Waals surface area contributed by atoms with Crippen LogP contribution in [0.15, 0.2) is 6.20 Å². The number of hydrogen-bond donors (Lipinski definition) is 1. The van der Waals surface area contributed by atoms with Crippen molar-refractivity contribution in [3.8, 4) is 0 Å². The Balaban J connectivity index is 2.17. The van der Waals surface area contributed by atoms with Crippen LogP contribution in [0.3, 0.4) is 0 Å². The number of aryl methyl sites for hydroxylation is 2. The zero-order valence-electron chi connectivity index (χ0n) is 8.90. The third-order valence-electron chi connectivity index (χ3n) is 2.79. The van der Waals surface area contributed by atoms with Gasteiger partial charge in [-0.2, -0.15) is 5.10 Å². The molecule has 4 heteroatoms. The predicted octanol–water partition coefficient (Wildman–Crippen LogP) is 0.656. The average molecular weight is 194 g/mol. The number of piperidine rings is 1. The topological polar surface area (TPSA) is 47.1 Å².